The smallest absolute Gasteiger partial charge is 0.263 e. The maximum absolute atomic E-state index is 2.54. The number of hydrogen-bond acceptors (Lipinski definition) is 3. The van der Waals surface area contributed by atoms with E-state index in [4.69, 9.17) is 0 Å². The van der Waals surface area contributed by atoms with E-state index in [1.807, 2.05) is 11.3 Å². The minimum absolute atomic E-state index is 0.957. The molecule has 0 atom stereocenters. The Bertz CT molecular complexity index is 1440. The fourth-order valence-corrected chi connectivity index (χ4v) is 6.17. The number of allylic oxidation sites excluding steroid dienone is 2. The van der Waals surface area contributed by atoms with Gasteiger partial charge < -0.3 is 9.38 Å². The van der Waals surface area contributed by atoms with E-state index in [1.165, 1.54) is 43.6 Å². The first kappa shape index (κ1) is 25.2. The maximum Gasteiger partial charge on any atom is 0.263 e. The number of hydrogen-bond donors (Lipinski definition) is 0. The lowest BCUT2D eigenvalue weighted by molar-refractivity contribution is -0.870. The summed E-state index contributed by atoms with van der Waals surface area (Å²) in [6.07, 6.45) is 5.91. The molecular formula is C32H38N4S+2. The van der Waals surface area contributed by atoms with Crippen molar-refractivity contribution in [2.45, 2.75) is 13.3 Å². The Morgan fingerprint density at radius 2 is 1.62 bits per heavy atom. The highest BCUT2D eigenvalue weighted by Gasteiger charge is 2.28. The molecule has 37 heavy (non-hydrogen) atoms. The van der Waals surface area contributed by atoms with Crippen LogP contribution in [0.5, 0.6) is 0 Å². The quantitative estimate of drug-likeness (QED) is 0.193. The van der Waals surface area contributed by atoms with Crippen molar-refractivity contribution in [2.75, 3.05) is 45.7 Å². The first-order valence-electron chi connectivity index (χ1n) is 13.2. The summed E-state index contributed by atoms with van der Waals surface area (Å²) >= 11 is 1.85. The Morgan fingerprint density at radius 1 is 0.919 bits per heavy atom. The molecule has 1 aliphatic heterocycles. The minimum atomic E-state index is 0.957. The predicted molar refractivity (Wildman–Crippen MR) is 159 cm³/mol. The summed E-state index contributed by atoms with van der Waals surface area (Å²) in [6.45, 7) is 5.39. The first-order chi connectivity index (χ1) is 17.9. The Labute approximate surface area is 225 Å². The molecule has 190 valence electrons. The summed E-state index contributed by atoms with van der Waals surface area (Å²) in [6, 6.07) is 28.3. The highest BCUT2D eigenvalue weighted by molar-refractivity contribution is 7.18. The summed E-state index contributed by atoms with van der Waals surface area (Å²) in [5.74, 6) is 1.24. The van der Waals surface area contributed by atoms with E-state index < -0.39 is 0 Å². The number of quaternary nitrogens is 1. The van der Waals surface area contributed by atoms with Crippen molar-refractivity contribution in [3.05, 3.63) is 101 Å². The van der Waals surface area contributed by atoms with Gasteiger partial charge in [-0.15, -0.1) is 0 Å². The number of anilines is 2. The van der Waals surface area contributed by atoms with Gasteiger partial charge in [0.25, 0.3) is 5.01 Å². The van der Waals surface area contributed by atoms with E-state index in [-0.39, 0.29) is 0 Å². The van der Waals surface area contributed by atoms with Gasteiger partial charge in [0.15, 0.2) is 0 Å². The highest BCUT2D eigenvalue weighted by atomic mass is 32.1. The maximum atomic E-state index is 2.54. The molecule has 4 aromatic rings. The van der Waals surface area contributed by atoms with Crippen molar-refractivity contribution in [1.82, 2.24) is 4.90 Å². The molecule has 5 heteroatoms. The van der Waals surface area contributed by atoms with Crippen LogP contribution < -0.4 is 9.47 Å². The van der Waals surface area contributed by atoms with Gasteiger partial charge in [0, 0.05) is 42.9 Å². The SMILES string of the molecule is CCN(CCC[N+](C)(C)C)C1=CC(=Cc2sc3ccccc3[n+]2C)c2ccccc2N1c1ccccc1. The molecule has 0 bridgehead atoms. The van der Waals surface area contributed by atoms with Crippen LogP contribution in [0, 0.1) is 0 Å². The van der Waals surface area contributed by atoms with Crippen molar-refractivity contribution in [3.63, 3.8) is 0 Å². The molecule has 1 aliphatic rings. The molecule has 0 saturated carbocycles. The molecule has 4 nitrogen and oxygen atoms in total. The standard InChI is InChI=1S/C32H38N4S/c1-6-34(21-14-22-36(3,4)5)31-23-25(24-32-33(2)29-19-12-13-20-30(29)37-32)27-17-10-11-18-28(27)35(31)26-15-8-7-9-16-26/h7-13,15-20,23-24H,6,14,21-22H2,1-5H3/q+2. The molecule has 1 aromatic heterocycles. The third-order valence-electron chi connectivity index (χ3n) is 7.00. The van der Waals surface area contributed by atoms with Crippen molar-refractivity contribution in [2.24, 2.45) is 7.05 Å². The zero-order valence-corrected chi connectivity index (χ0v) is 23.5. The zero-order chi connectivity index (χ0) is 26.0. The van der Waals surface area contributed by atoms with Crippen LogP contribution >= 0.6 is 11.3 Å². The first-order valence-corrected chi connectivity index (χ1v) is 14.0. The molecule has 0 aliphatic carbocycles. The Balaban J connectivity index is 1.64. The van der Waals surface area contributed by atoms with Gasteiger partial charge in [-0.2, -0.15) is 4.57 Å². The van der Waals surface area contributed by atoms with Gasteiger partial charge >= 0.3 is 0 Å². The Hall–Kier alpha value is -3.41. The van der Waals surface area contributed by atoms with E-state index in [9.17, 15) is 0 Å². The van der Waals surface area contributed by atoms with Crippen LogP contribution in [-0.2, 0) is 7.05 Å². The van der Waals surface area contributed by atoms with Crippen LogP contribution in [0.15, 0.2) is 90.8 Å². The molecule has 0 N–H and O–H groups in total. The summed E-state index contributed by atoms with van der Waals surface area (Å²) < 4.78 is 4.60. The fourth-order valence-electron chi connectivity index (χ4n) is 5.07. The monoisotopic (exact) mass is 510 g/mol. The molecule has 2 heterocycles. The van der Waals surface area contributed by atoms with Crippen LogP contribution in [0.4, 0.5) is 11.4 Å². The molecule has 3 aromatic carbocycles. The lowest BCUT2D eigenvalue weighted by atomic mass is 9.97. The number of benzene rings is 3. The second-order valence-electron chi connectivity index (χ2n) is 10.7. The second-order valence-corrected chi connectivity index (χ2v) is 11.8. The molecule has 0 unspecified atom stereocenters. The predicted octanol–water partition coefficient (Wildman–Crippen LogP) is 6.68. The molecule has 0 radical (unpaired) electrons. The minimum Gasteiger partial charge on any atom is -0.358 e. The van der Waals surface area contributed by atoms with Crippen LogP contribution in [0.1, 0.15) is 23.9 Å². The van der Waals surface area contributed by atoms with E-state index in [0.717, 1.165) is 30.5 Å². The highest BCUT2D eigenvalue weighted by Crippen LogP contribution is 2.42. The van der Waals surface area contributed by atoms with Crippen molar-refractivity contribution in [1.29, 1.82) is 0 Å². The van der Waals surface area contributed by atoms with Crippen molar-refractivity contribution < 1.29 is 9.05 Å². The van der Waals surface area contributed by atoms with Gasteiger partial charge in [-0.1, -0.05) is 59.9 Å². The van der Waals surface area contributed by atoms with Crippen molar-refractivity contribution in [3.8, 4) is 0 Å². The van der Waals surface area contributed by atoms with E-state index in [0.29, 0.717) is 0 Å². The average molecular weight is 511 g/mol. The number of nitrogens with zero attached hydrogens (tertiary/aromatic N) is 4. The third-order valence-corrected chi connectivity index (χ3v) is 8.16. The van der Waals surface area contributed by atoms with Gasteiger partial charge in [0.1, 0.15) is 17.6 Å². The van der Waals surface area contributed by atoms with E-state index in [1.54, 1.807) is 0 Å². The summed E-state index contributed by atoms with van der Waals surface area (Å²) in [7, 11) is 8.99. The lowest BCUT2D eigenvalue weighted by Crippen LogP contribution is -2.39. The van der Waals surface area contributed by atoms with Crippen LogP contribution in [0.25, 0.3) is 21.9 Å². The van der Waals surface area contributed by atoms with Gasteiger partial charge in [-0.25, -0.2) is 0 Å². The molecule has 0 amide bonds. The number of fused-ring (bicyclic) bond motifs is 2. The number of rotatable bonds is 8. The van der Waals surface area contributed by atoms with E-state index >= 15 is 0 Å². The van der Waals surface area contributed by atoms with Crippen LogP contribution in [-0.4, -0.2) is 50.2 Å². The number of para-hydroxylation sites is 3. The van der Waals surface area contributed by atoms with Gasteiger partial charge in [0.05, 0.1) is 33.4 Å². The number of aryl methyl sites for hydroxylation is 1. The lowest BCUT2D eigenvalue weighted by Gasteiger charge is -2.39. The number of thiazole rings is 1. The fraction of sp³-hybridized carbons (Fsp3) is 0.281. The molecule has 0 spiro atoms. The topological polar surface area (TPSA) is 10.4 Å². The second kappa shape index (κ2) is 10.5. The van der Waals surface area contributed by atoms with E-state index in [2.05, 4.69) is 140 Å². The molecular weight excluding hydrogens is 472 g/mol. The summed E-state index contributed by atoms with van der Waals surface area (Å²) in [5, 5.41) is 1.25. The average Bonchev–Trinajstić information content (AvgIpc) is 3.21. The van der Waals surface area contributed by atoms with Gasteiger partial charge in [0.2, 0.25) is 5.52 Å². The Morgan fingerprint density at radius 3 is 2.35 bits per heavy atom. The summed E-state index contributed by atoms with van der Waals surface area (Å²) in [4.78, 5) is 4.98. The third kappa shape index (κ3) is 5.34. The molecule has 0 saturated heterocycles. The van der Waals surface area contributed by atoms with Crippen molar-refractivity contribution >= 4 is 44.6 Å². The normalized spacial score (nSPS) is 14.7. The van der Waals surface area contributed by atoms with Gasteiger partial charge in [-0.05, 0) is 42.8 Å². The van der Waals surface area contributed by atoms with Gasteiger partial charge in [-0.3, -0.25) is 4.90 Å². The van der Waals surface area contributed by atoms with Crippen LogP contribution in [0.3, 0.4) is 0 Å². The molecule has 0 fully saturated rings. The number of aromatic nitrogens is 1. The Kier molecular flexibility index (Phi) is 7.18. The summed E-state index contributed by atoms with van der Waals surface area (Å²) in [5.41, 5.74) is 6.21. The molecule has 5 rings (SSSR count). The zero-order valence-electron chi connectivity index (χ0n) is 22.7. The van der Waals surface area contributed by atoms with Crippen LogP contribution in [0.2, 0.25) is 0 Å². The largest absolute Gasteiger partial charge is 0.358 e.